The Morgan fingerprint density at radius 2 is 2.32 bits per heavy atom. The van der Waals surface area contributed by atoms with Gasteiger partial charge in [0.1, 0.15) is 5.82 Å². The fourth-order valence-electron chi connectivity index (χ4n) is 2.45. The maximum absolute atomic E-state index is 11.7. The van der Waals surface area contributed by atoms with E-state index in [0.717, 1.165) is 31.3 Å². The first-order chi connectivity index (χ1) is 10.1. The molecular weight excluding hydrogens is 395 g/mol. The average molecular weight is 420 g/mol. The molecule has 0 aliphatic carbocycles. The normalized spacial score (nSPS) is 18.0. The lowest BCUT2D eigenvalue weighted by Crippen LogP contribution is -2.44. The molecule has 1 fully saturated rings. The molecule has 0 saturated carbocycles. The van der Waals surface area contributed by atoms with Crippen LogP contribution in [0.25, 0.3) is 0 Å². The Hall–Kier alpha value is -1.32. The maximum Gasteiger partial charge on any atom is 0.222 e. The lowest BCUT2D eigenvalue weighted by molar-refractivity contribution is -0.129. The van der Waals surface area contributed by atoms with Gasteiger partial charge in [0.15, 0.2) is 5.96 Å². The first kappa shape index (κ1) is 18.7. The number of aromatic nitrogens is 2. The number of carbonyl (C=O) groups is 1. The molecule has 1 aromatic heterocycles. The van der Waals surface area contributed by atoms with Crippen LogP contribution in [0.15, 0.2) is 17.4 Å². The molecule has 8 heteroatoms. The van der Waals surface area contributed by atoms with Crippen LogP contribution in [0.5, 0.6) is 0 Å². The molecule has 1 aromatic rings. The largest absolute Gasteiger partial charge is 0.352 e. The first-order valence-electron chi connectivity index (χ1n) is 7.35. The van der Waals surface area contributed by atoms with E-state index < -0.39 is 0 Å². The first-order valence-corrected chi connectivity index (χ1v) is 7.35. The second kappa shape index (κ2) is 8.96. The number of aliphatic imine (C=N–C) groups is 1. The summed E-state index contributed by atoms with van der Waals surface area (Å²) in [7, 11) is 3.71. The van der Waals surface area contributed by atoms with Gasteiger partial charge in [0.25, 0.3) is 0 Å². The number of rotatable bonds is 4. The van der Waals surface area contributed by atoms with E-state index in [1.165, 1.54) is 0 Å². The van der Waals surface area contributed by atoms with Crippen molar-refractivity contribution in [1.82, 2.24) is 25.1 Å². The van der Waals surface area contributed by atoms with Gasteiger partial charge in [-0.2, -0.15) is 0 Å². The number of nitrogens with one attached hydrogen (secondary N) is 2. The number of hydrogen-bond donors (Lipinski definition) is 2. The fraction of sp³-hybridized carbons (Fsp3) is 0.643. The summed E-state index contributed by atoms with van der Waals surface area (Å²) >= 11 is 0. The van der Waals surface area contributed by atoms with E-state index in [9.17, 15) is 4.79 Å². The minimum atomic E-state index is 0. The highest BCUT2D eigenvalue weighted by Crippen LogP contribution is 2.10. The number of halogens is 1. The molecule has 1 saturated heterocycles. The van der Waals surface area contributed by atoms with Crippen molar-refractivity contribution >= 4 is 35.8 Å². The lowest BCUT2D eigenvalue weighted by Gasteiger charge is -2.18. The smallest absolute Gasteiger partial charge is 0.222 e. The molecule has 124 valence electrons. The molecule has 0 radical (unpaired) electrons. The highest BCUT2D eigenvalue weighted by molar-refractivity contribution is 14.0. The number of hydrogen-bond acceptors (Lipinski definition) is 3. The van der Waals surface area contributed by atoms with Gasteiger partial charge in [-0.05, 0) is 6.42 Å². The van der Waals surface area contributed by atoms with Crippen LogP contribution in [0, 0.1) is 0 Å². The van der Waals surface area contributed by atoms with Gasteiger partial charge < -0.3 is 20.1 Å². The third-order valence-electron chi connectivity index (χ3n) is 3.74. The quantitative estimate of drug-likeness (QED) is 0.428. The minimum Gasteiger partial charge on any atom is -0.352 e. The summed E-state index contributed by atoms with van der Waals surface area (Å²) in [5.74, 6) is 1.91. The monoisotopic (exact) mass is 420 g/mol. The summed E-state index contributed by atoms with van der Waals surface area (Å²) in [6.07, 6.45) is 5.21. The van der Waals surface area contributed by atoms with Crippen LogP contribution in [0.3, 0.4) is 0 Å². The Balaban J connectivity index is 0.00000242. The van der Waals surface area contributed by atoms with E-state index in [-0.39, 0.29) is 35.9 Å². The number of guanidine groups is 1. The summed E-state index contributed by atoms with van der Waals surface area (Å²) in [5, 5.41) is 6.61. The van der Waals surface area contributed by atoms with Crippen LogP contribution in [-0.2, 0) is 18.4 Å². The van der Waals surface area contributed by atoms with Crippen molar-refractivity contribution in [2.75, 3.05) is 20.1 Å². The number of likely N-dealkylation sites (tertiary alicyclic amines) is 1. The summed E-state index contributed by atoms with van der Waals surface area (Å²) in [6, 6.07) is 0.257. The third-order valence-corrected chi connectivity index (χ3v) is 3.74. The van der Waals surface area contributed by atoms with Crippen molar-refractivity contribution in [3.05, 3.63) is 18.2 Å². The molecule has 1 atom stereocenters. The summed E-state index contributed by atoms with van der Waals surface area (Å²) in [5.41, 5.74) is 0. The van der Waals surface area contributed by atoms with E-state index in [1.807, 2.05) is 29.6 Å². The van der Waals surface area contributed by atoms with Crippen molar-refractivity contribution in [2.45, 2.75) is 32.4 Å². The molecule has 1 aliphatic rings. The summed E-state index contributed by atoms with van der Waals surface area (Å²) < 4.78 is 1.97. The van der Waals surface area contributed by atoms with Gasteiger partial charge >= 0.3 is 0 Å². The number of amides is 1. The van der Waals surface area contributed by atoms with Crippen LogP contribution in [0.2, 0.25) is 0 Å². The maximum atomic E-state index is 11.7. The fourth-order valence-corrected chi connectivity index (χ4v) is 2.45. The molecule has 0 spiro atoms. The van der Waals surface area contributed by atoms with E-state index >= 15 is 0 Å². The zero-order valence-corrected chi connectivity index (χ0v) is 15.7. The molecule has 0 aromatic carbocycles. The van der Waals surface area contributed by atoms with Crippen molar-refractivity contribution in [1.29, 1.82) is 0 Å². The van der Waals surface area contributed by atoms with Crippen molar-refractivity contribution in [3.8, 4) is 0 Å². The molecule has 2 heterocycles. The summed E-state index contributed by atoms with van der Waals surface area (Å²) in [6.45, 7) is 4.08. The Bertz CT molecular complexity index is 515. The second-order valence-electron chi connectivity index (χ2n) is 5.20. The summed E-state index contributed by atoms with van der Waals surface area (Å²) in [4.78, 5) is 22.1. The number of imidazole rings is 1. The van der Waals surface area contributed by atoms with Crippen LogP contribution < -0.4 is 10.6 Å². The molecule has 2 N–H and O–H groups in total. The van der Waals surface area contributed by atoms with E-state index in [1.54, 1.807) is 13.2 Å². The molecule has 1 aliphatic heterocycles. The zero-order chi connectivity index (χ0) is 15.2. The molecule has 2 rings (SSSR count). The predicted octanol–water partition coefficient (Wildman–Crippen LogP) is 0.714. The lowest BCUT2D eigenvalue weighted by atomic mass is 10.3. The highest BCUT2D eigenvalue weighted by Gasteiger charge is 2.25. The molecular formula is C14H25IN6O. The predicted molar refractivity (Wildman–Crippen MR) is 97.2 cm³/mol. The van der Waals surface area contributed by atoms with Crippen molar-refractivity contribution < 1.29 is 4.79 Å². The Kier molecular flexibility index (Phi) is 7.63. The van der Waals surface area contributed by atoms with Crippen molar-refractivity contribution in [2.24, 2.45) is 12.0 Å². The average Bonchev–Trinajstić information content (AvgIpc) is 3.11. The second-order valence-corrected chi connectivity index (χ2v) is 5.20. The van der Waals surface area contributed by atoms with E-state index in [0.29, 0.717) is 13.0 Å². The van der Waals surface area contributed by atoms with E-state index in [4.69, 9.17) is 0 Å². The van der Waals surface area contributed by atoms with Gasteiger partial charge in [-0.15, -0.1) is 24.0 Å². The Labute approximate surface area is 148 Å². The van der Waals surface area contributed by atoms with Gasteiger partial charge in [0.2, 0.25) is 5.91 Å². The number of carbonyl (C=O) groups excluding carboxylic acids is 1. The standard InChI is InChI=1S/C14H24N6O.HI/c1-4-13(21)20-7-5-11(10-20)18-14(15-2)17-9-12-16-6-8-19(12)3;/h6,8,11H,4-5,7,9-10H2,1-3H3,(H2,15,17,18);1H. The Morgan fingerprint density at radius 3 is 2.91 bits per heavy atom. The van der Waals surface area contributed by atoms with Gasteiger partial charge in [0.05, 0.1) is 6.54 Å². The van der Waals surface area contributed by atoms with Crippen molar-refractivity contribution in [3.63, 3.8) is 0 Å². The van der Waals surface area contributed by atoms with Crippen LogP contribution in [-0.4, -0.2) is 52.5 Å². The van der Waals surface area contributed by atoms with Gasteiger partial charge in [-0.25, -0.2) is 4.98 Å². The third kappa shape index (κ3) is 4.85. The molecule has 0 bridgehead atoms. The zero-order valence-electron chi connectivity index (χ0n) is 13.4. The van der Waals surface area contributed by atoms with Crippen LogP contribution >= 0.6 is 24.0 Å². The van der Waals surface area contributed by atoms with Gasteiger partial charge in [0, 0.05) is 52.0 Å². The molecule has 7 nitrogen and oxygen atoms in total. The minimum absolute atomic E-state index is 0. The molecule has 22 heavy (non-hydrogen) atoms. The topological polar surface area (TPSA) is 74.6 Å². The highest BCUT2D eigenvalue weighted by atomic mass is 127. The number of aryl methyl sites for hydroxylation is 1. The SMILES string of the molecule is CCC(=O)N1CCC(NC(=NC)NCc2nccn2C)C1.I. The molecule has 1 unspecified atom stereocenters. The number of nitrogens with zero attached hydrogens (tertiary/aromatic N) is 4. The molecule has 1 amide bonds. The Morgan fingerprint density at radius 1 is 1.55 bits per heavy atom. The van der Waals surface area contributed by atoms with Crippen LogP contribution in [0.1, 0.15) is 25.6 Å². The van der Waals surface area contributed by atoms with Crippen LogP contribution in [0.4, 0.5) is 0 Å². The van der Waals surface area contributed by atoms with Gasteiger partial charge in [-0.1, -0.05) is 6.92 Å². The van der Waals surface area contributed by atoms with E-state index in [2.05, 4.69) is 20.6 Å². The van der Waals surface area contributed by atoms with Gasteiger partial charge in [-0.3, -0.25) is 9.79 Å².